The van der Waals surface area contributed by atoms with Crippen LogP contribution < -0.4 is 0 Å². The quantitative estimate of drug-likeness (QED) is 0.294. The Morgan fingerprint density at radius 1 is 1.22 bits per heavy atom. The van der Waals surface area contributed by atoms with Gasteiger partial charge in [0, 0.05) is 6.42 Å². The Kier molecular flexibility index (Phi) is 1.48. The van der Waals surface area contributed by atoms with Gasteiger partial charge < -0.3 is 20.4 Å². The maximum absolute atomic E-state index is 8.78. The van der Waals surface area contributed by atoms with Gasteiger partial charge in [-0.3, -0.25) is 0 Å². The van der Waals surface area contributed by atoms with Crippen molar-refractivity contribution in [2.24, 2.45) is 0 Å². The summed E-state index contributed by atoms with van der Waals surface area (Å²) in [6, 6.07) is 0. The molecule has 1 aliphatic carbocycles. The fourth-order valence-corrected chi connectivity index (χ4v) is 0.974. The number of hydrogen-bond acceptors (Lipinski definition) is 4. The van der Waals surface area contributed by atoms with Crippen LogP contribution in [0.5, 0.6) is 0 Å². The molecule has 2 unspecified atom stereocenters. The number of aliphatic hydroxyl groups is 4. The summed E-state index contributed by atoms with van der Waals surface area (Å²) in [6.07, 6.45) is -2.11. The monoisotopic (exact) mass is 134 g/mol. The topological polar surface area (TPSA) is 80.9 Å². The van der Waals surface area contributed by atoms with E-state index in [0.29, 0.717) is 0 Å². The Morgan fingerprint density at radius 2 is 1.78 bits per heavy atom. The van der Waals surface area contributed by atoms with Crippen molar-refractivity contribution in [3.63, 3.8) is 0 Å². The molecule has 1 rings (SSSR count). The van der Waals surface area contributed by atoms with Crippen LogP contribution in [0.3, 0.4) is 0 Å². The summed E-state index contributed by atoms with van der Waals surface area (Å²) in [6.45, 7) is 0. The average Bonchev–Trinajstić information content (AvgIpc) is 1.97. The molecule has 1 fully saturated rings. The zero-order valence-corrected chi connectivity index (χ0v) is 4.86. The average molecular weight is 134 g/mol. The van der Waals surface area contributed by atoms with Crippen molar-refractivity contribution in [2.45, 2.75) is 30.8 Å². The smallest absolute Gasteiger partial charge is 0.192 e. The van der Waals surface area contributed by atoms with Gasteiger partial charge in [0.05, 0.1) is 6.10 Å². The van der Waals surface area contributed by atoms with Crippen molar-refractivity contribution in [3.05, 3.63) is 0 Å². The van der Waals surface area contributed by atoms with Gasteiger partial charge in [0.2, 0.25) is 0 Å². The first-order valence-electron chi connectivity index (χ1n) is 2.85. The minimum Gasteiger partial charge on any atom is -0.390 e. The minimum atomic E-state index is -2.07. The summed E-state index contributed by atoms with van der Waals surface area (Å²) in [7, 11) is 0. The second-order valence-corrected chi connectivity index (χ2v) is 2.43. The molecule has 1 saturated carbocycles. The van der Waals surface area contributed by atoms with E-state index in [1.165, 1.54) is 0 Å². The molecular weight excluding hydrogens is 124 g/mol. The van der Waals surface area contributed by atoms with Gasteiger partial charge in [0.1, 0.15) is 6.10 Å². The van der Waals surface area contributed by atoms with Gasteiger partial charge in [0.15, 0.2) is 5.79 Å². The molecule has 54 valence electrons. The van der Waals surface area contributed by atoms with Gasteiger partial charge in [-0.05, 0) is 6.42 Å². The Hall–Kier alpha value is -0.160. The molecule has 0 spiro atoms. The molecule has 9 heavy (non-hydrogen) atoms. The van der Waals surface area contributed by atoms with E-state index in [1.54, 1.807) is 0 Å². The fraction of sp³-hybridized carbons (Fsp3) is 1.00. The Morgan fingerprint density at radius 3 is 1.89 bits per heavy atom. The van der Waals surface area contributed by atoms with E-state index >= 15 is 0 Å². The van der Waals surface area contributed by atoms with Gasteiger partial charge in [-0.25, -0.2) is 0 Å². The number of rotatable bonds is 0. The Balaban J connectivity index is 2.62. The lowest BCUT2D eigenvalue weighted by molar-refractivity contribution is -0.220. The Bertz CT molecular complexity index is 112. The molecule has 0 heterocycles. The molecule has 0 aromatic rings. The molecule has 0 aromatic carbocycles. The van der Waals surface area contributed by atoms with Gasteiger partial charge in [0.25, 0.3) is 0 Å². The van der Waals surface area contributed by atoms with Gasteiger partial charge >= 0.3 is 0 Å². The normalized spacial score (nSPS) is 41.3. The predicted octanol–water partition coefficient (Wildman–Crippen LogP) is -1.82. The zero-order valence-electron chi connectivity index (χ0n) is 4.86. The van der Waals surface area contributed by atoms with Crippen molar-refractivity contribution < 1.29 is 20.4 Å². The second-order valence-electron chi connectivity index (χ2n) is 2.43. The summed E-state index contributed by atoms with van der Waals surface area (Å²) < 4.78 is 0. The maximum atomic E-state index is 8.78. The van der Waals surface area contributed by atoms with Crippen molar-refractivity contribution in [1.82, 2.24) is 0 Å². The third-order valence-electron chi connectivity index (χ3n) is 1.65. The molecule has 0 saturated heterocycles. The van der Waals surface area contributed by atoms with Crippen LogP contribution in [0.2, 0.25) is 0 Å². The van der Waals surface area contributed by atoms with E-state index in [4.69, 9.17) is 20.4 Å². The lowest BCUT2D eigenvalue weighted by Crippen LogP contribution is -2.41. The third-order valence-corrected chi connectivity index (χ3v) is 1.65. The molecule has 0 aliphatic heterocycles. The van der Waals surface area contributed by atoms with Gasteiger partial charge in [-0.1, -0.05) is 0 Å². The van der Waals surface area contributed by atoms with Crippen LogP contribution in [0.15, 0.2) is 0 Å². The first kappa shape index (κ1) is 6.95. The van der Waals surface area contributed by atoms with E-state index < -0.39 is 18.0 Å². The second kappa shape index (κ2) is 1.91. The van der Waals surface area contributed by atoms with Crippen LogP contribution in [0.1, 0.15) is 12.8 Å². The molecule has 0 bridgehead atoms. The molecule has 0 aromatic heterocycles. The number of aliphatic hydroxyl groups excluding tert-OH is 2. The van der Waals surface area contributed by atoms with E-state index in [-0.39, 0.29) is 12.8 Å². The molecule has 4 nitrogen and oxygen atoms in total. The molecule has 1 aliphatic rings. The zero-order chi connectivity index (χ0) is 7.07. The first-order valence-corrected chi connectivity index (χ1v) is 2.85. The van der Waals surface area contributed by atoms with Crippen LogP contribution in [0, 0.1) is 0 Å². The minimum absolute atomic E-state index is 0.0370. The summed E-state index contributed by atoms with van der Waals surface area (Å²) in [4.78, 5) is 0. The number of hydrogen-bond donors (Lipinski definition) is 4. The highest BCUT2D eigenvalue weighted by Crippen LogP contribution is 2.27. The summed E-state index contributed by atoms with van der Waals surface area (Å²) in [5.74, 6) is -2.07. The van der Waals surface area contributed by atoms with Crippen molar-refractivity contribution >= 4 is 0 Å². The maximum Gasteiger partial charge on any atom is 0.192 e. The third kappa shape index (κ3) is 1.07. The summed E-state index contributed by atoms with van der Waals surface area (Å²) in [5, 5.41) is 35.1. The Labute approximate surface area is 52.4 Å². The van der Waals surface area contributed by atoms with Crippen LogP contribution in [-0.2, 0) is 0 Å². The molecule has 0 amide bonds. The van der Waals surface area contributed by atoms with E-state index in [9.17, 15) is 0 Å². The lowest BCUT2D eigenvalue weighted by Gasteiger charge is -2.19. The first-order chi connectivity index (χ1) is 4.04. The van der Waals surface area contributed by atoms with E-state index in [0.717, 1.165) is 0 Å². The lowest BCUT2D eigenvalue weighted by atomic mass is 10.2. The van der Waals surface area contributed by atoms with Crippen LogP contribution >= 0.6 is 0 Å². The van der Waals surface area contributed by atoms with Crippen molar-refractivity contribution in [3.8, 4) is 0 Å². The van der Waals surface area contributed by atoms with E-state index in [2.05, 4.69) is 0 Å². The van der Waals surface area contributed by atoms with Crippen LogP contribution in [0.4, 0.5) is 0 Å². The van der Waals surface area contributed by atoms with Crippen molar-refractivity contribution in [1.29, 1.82) is 0 Å². The highest BCUT2D eigenvalue weighted by molar-refractivity contribution is 4.89. The van der Waals surface area contributed by atoms with Crippen LogP contribution in [0.25, 0.3) is 0 Å². The van der Waals surface area contributed by atoms with Gasteiger partial charge in [-0.2, -0.15) is 0 Å². The summed E-state index contributed by atoms with van der Waals surface area (Å²) >= 11 is 0. The summed E-state index contributed by atoms with van der Waals surface area (Å²) in [5.41, 5.74) is 0. The van der Waals surface area contributed by atoms with E-state index in [1.807, 2.05) is 0 Å². The molecule has 4 N–H and O–H groups in total. The SMILES string of the molecule is OC1CCC(O)(O)C1O. The molecule has 4 heteroatoms. The standard InChI is InChI=1S/C5H10O4/c6-3-1-2-5(8,9)4(3)7/h3-4,6-9H,1-2H2. The highest BCUT2D eigenvalue weighted by Gasteiger charge is 2.44. The van der Waals surface area contributed by atoms with Gasteiger partial charge in [-0.15, -0.1) is 0 Å². The molecule has 2 atom stereocenters. The van der Waals surface area contributed by atoms with Crippen LogP contribution in [-0.4, -0.2) is 38.4 Å². The predicted molar refractivity (Wildman–Crippen MR) is 28.4 cm³/mol. The fourth-order valence-electron chi connectivity index (χ4n) is 0.974. The largest absolute Gasteiger partial charge is 0.390 e. The highest BCUT2D eigenvalue weighted by atomic mass is 16.5. The van der Waals surface area contributed by atoms with Crippen molar-refractivity contribution in [2.75, 3.05) is 0 Å². The molecule has 0 radical (unpaired) electrons. The molecular formula is C5H10O4.